The maximum absolute atomic E-state index is 12.3. The van der Waals surface area contributed by atoms with Crippen LogP contribution in [0, 0.1) is 0 Å². The summed E-state index contributed by atoms with van der Waals surface area (Å²) in [6, 6.07) is 15.2. The van der Waals surface area contributed by atoms with Crippen molar-refractivity contribution in [3.63, 3.8) is 0 Å². The van der Waals surface area contributed by atoms with Crippen molar-refractivity contribution in [2.75, 3.05) is 30.3 Å². The van der Waals surface area contributed by atoms with Gasteiger partial charge >= 0.3 is 0 Å². The summed E-state index contributed by atoms with van der Waals surface area (Å²) in [5, 5.41) is 5.95. The molecule has 136 valence electrons. The van der Waals surface area contributed by atoms with E-state index in [1.54, 1.807) is 0 Å². The van der Waals surface area contributed by atoms with Crippen LogP contribution in [-0.2, 0) is 11.2 Å². The number of nitrogens with one attached hydrogen (secondary N) is 2. The topological polar surface area (TPSA) is 61.4 Å². The van der Waals surface area contributed by atoms with E-state index in [-0.39, 0.29) is 18.4 Å². The van der Waals surface area contributed by atoms with Crippen LogP contribution in [0.15, 0.2) is 48.5 Å². The Labute approximate surface area is 154 Å². The van der Waals surface area contributed by atoms with Gasteiger partial charge in [-0.15, -0.1) is 0 Å². The molecule has 2 amide bonds. The van der Waals surface area contributed by atoms with Gasteiger partial charge in [0.15, 0.2) is 0 Å². The normalized spacial score (nSPS) is 13.5. The highest BCUT2D eigenvalue weighted by atomic mass is 16.2. The first-order valence-electron chi connectivity index (χ1n) is 9.17. The molecule has 0 atom stereocenters. The molecule has 3 rings (SSSR count). The molecule has 1 aliphatic rings. The summed E-state index contributed by atoms with van der Waals surface area (Å²) in [6.45, 7) is 3.97. The fourth-order valence-electron chi connectivity index (χ4n) is 3.04. The summed E-state index contributed by atoms with van der Waals surface area (Å²) < 4.78 is 0. The molecule has 0 spiro atoms. The Balaban J connectivity index is 1.49. The number of carbonyl (C=O) groups is 2. The van der Waals surface area contributed by atoms with Crippen LogP contribution in [0.4, 0.5) is 11.4 Å². The van der Waals surface area contributed by atoms with Gasteiger partial charge < -0.3 is 15.5 Å². The molecule has 0 unspecified atom stereocenters. The molecule has 1 saturated heterocycles. The number of rotatable bonds is 6. The molecule has 0 bridgehead atoms. The number of likely N-dealkylation sites (tertiary alicyclic amines) is 1. The number of hydrogen-bond donors (Lipinski definition) is 2. The first-order valence-corrected chi connectivity index (χ1v) is 9.17. The van der Waals surface area contributed by atoms with E-state index in [0.29, 0.717) is 5.56 Å². The summed E-state index contributed by atoms with van der Waals surface area (Å²) in [5.74, 6) is -0.0196. The zero-order chi connectivity index (χ0) is 18.4. The molecule has 2 aromatic carbocycles. The predicted octanol–water partition coefficient (Wildman–Crippen LogP) is 3.54. The first kappa shape index (κ1) is 18.0. The second kappa shape index (κ2) is 8.52. The summed E-state index contributed by atoms with van der Waals surface area (Å²) in [6.07, 6.45) is 3.15. The van der Waals surface area contributed by atoms with Crippen LogP contribution in [0.5, 0.6) is 0 Å². The van der Waals surface area contributed by atoms with Crippen molar-refractivity contribution in [1.29, 1.82) is 0 Å². The minimum atomic E-state index is -0.105. The van der Waals surface area contributed by atoms with Gasteiger partial charge in [-0.05, 0) is 61.2 Å². The molecule has 0 saturated carbocycles. The minimum Gasteiger partial charge on any atom is -0.376 e. The van der Waals surface area contributed by atoms with Gasteiger partial charge in [0, 0.05) is 30.0 Å². The average Bonchev–Trinajstić information content (AvgIpc) is 3.21. The molecule has 0 aromatic heterocycles. The van der Waals surface area contributed by atoms with Gasteiger partial charge in [0.05, 0.1) is 6.54 Å². The summed E-state index contributed by atoms with van der Waals surface area (Å²) in [7, 11) is 0. The van der Waals surface area contributed by atoms with Gasteiger partial charge in [-0.25, -0.2) is 0 Å². The maximum atomic E-state index is 12.3. The number of aryl methyl sites for hydroxylation is 1. The molecule has 2 N–H and O–H groups in total. The van der Waals surface area contributed by atoms with Crippen molar-refractivity contribution in [2.45, 2.75) is 26.2 Å². The predicted molar refractivity (Wildman–Crippen MR) is 105 cm³/mol. The second-order valence-corrected chi connectivity index (χ2v) is 6.53. The minimum absolute atomic E-state index is 0.0855. The van der Waals surface area contributed by atoms with E-state index in [1.807, 2.05) is 53.4 Å². The Kier molecular flexibility index (Phi) is 5.89. The van der Waals surface area contributed by atoms with Crippen LogP contribution in [0.1, 0.15) is 35.7 Å². The summed E-state index contributed by atoms with van der Waals surface area (Å²) in [4.78, 5) is 26.3. The van der Waals surface area contributed by atoms with Crippen LogP contribution in [0.3, 0.4) is 0 Å². The maximum Gasteiger partial charge on any atom is 0.253 e. The Morgan fingerprint density at radius 3 is 2.15 bits per heavy atom. The molecule has 1 heterocycles. The third-order valence-corrected chi connectivity index (χ3v) is 4.62. The Hall–Kier alpha value is -2.82. The third kappa shape index (κ3) is 4.63. The van der Waals surface area contributed by atoms with Crippen molar-refractivity contribution in [3.05, 3.63) is 59.7 Å². The monoisotopic (exact) mass is 351 g/mol. The number of carbonyl (C=O) groups excluding carboxylic acids is 2. The second-order valence-electron chi connectivity index (χ2n) is 6.53. The molecule has 1 fully saturated rings. The van der Waals surface area contributed by atoms with Crippen molar-refractivity contribution < 1.29 is 9.59 Å². The quantitative estimate of drug-likeness (QED) is 0.837. The highest BCUT2D eigenvalue weighted by molar-refractivity contribution is 5.95. The zero-order valence-electron chi connectivity index (χ0n) is 15.1. The fourth-order valence-corrected chi connectivity index (χ4v) is 3.04. The molecule has 26 heavy (non-hydrogen) atoms. The van der Waals surface area contributed by atoms with Gasteiger partial charge in [-0.2, -0.15) is 0 Å². The van der Waals surface area contributed by atoms with E-state index in [1.165, 1.54) is 5.56 Å². The van der Waals surface area contributed by atoms with E-state index < -0.39 is 0 Å². The van der Waals surface area contributed by atoms with Gasteiger partial charge in [0.25, 0.3) is 5.91 Å². The Morgan fingerprint density at radius 1 is 0.923 bits per heavy atom. The smallest absolute Gasteiger partial charge is 0.253 e. The molecule has 1 aliphatic heterocycles. The van der Waals surface area contributed by atoms with E-state index in [0.717, 1.165) is 43.7 Å². The Bertz CT molecular complexity index is 748. The van der Waals surface area contributed by atoms with Gasteiger partial charge in [-0.3, -0.25) is 9.59 Å². The largest absolute Gasteiger partial charge is 0.376 e. The van der Waals surface area contributed by atoms with Gasteiger partial charge in [-0.1, -0.05) is 19.1 Å². The highest BCUT2D eigenvalue weighted by Gasteiger charge is 2.19. The van der Waals surface area contributed by atoms with Crippen LogP contribution < -0.4 is 10.6 Å². The van der Waals surface area contributed by atoms with Crippen molar-refractivity contribution >= 4 is 23.2 Å². The lowest BCUT2D eigenvalue weighted by Gasteiger charge is -2.15. The lowest BCUT2D eigenvalue weighted by atomic mass is 10.1. The zero-order valence-corrected chi connectivity index (χ0v) is 15.1. The lowest BCUT2D eigenvalue weighted by molar-refractivity contribution is -0.114. The van der Waals surface area contributed by atoms with Crippen LogP contribution in [0.2, 0.25) is 0 Å². The van der Waals surface area contributed by atoms with E-state index in [4.69, 9.17) is 0 Å². The molecule has 5 nitrogen and oxygen atoms in total. The number of nitrogens with zero attached hydrogens (tertiary/aromatic N) is 1. The average molecular weight is 351 g/mol. The fraction of sp³-hybridized carbons (Fsp3) is 0.333. The molecular weight excluding hydrogens is 326 g/mol. The van der Waals surface area contributed by atoms with E-state index >= 15 is 0 Å². The van der Waals surface area contributed by atoms with E-state index in [9.17, 15) is 9.59 Å². The third-order valence-electron chi connectivity index (χ3n) is 4.62. The standard InChI is InChI=1S/C21H25N3O2/c1-2-16-5-9-19(10-6-16)23-20(25)15-22-18-11-7-17(8-12-18)21(26)24-13-3-4-14-24/h5-12,22H,2-4,13-15H2,1H3,(H,23,25). The van der Waals surface area contributed by atoms with Crippen molar-refractivity contribution in [1.82, 2.24) is 4.90 Å². The van der Waals surface area contributed by atoms with Crippen LogP contribution in [0.25, 0.3) is 0 Å². The number of hydrogen-bond acceptors (Lipinski definition) is 3. The number of anilines is 2. The number of amides is 2. The van der Waals surface area contributed by atoms with Crippen molar-refractivity contribution in [3.8, 4) is 0 Å². The summed E-state index contributed by atoms with van der Waals surface area (Å²) in [5.41, 5.74) is 3.54. The molecule has 2 aromatic rings. The molecular formula is C21H25N3O2. The molecule has 5 heteroatoms. The molecule has 0 radical (unpaired) electrons. The van der Waals surface area contributed by atoms with E-state index in [2.05, 4.69) is 17.6 Å². The first-order chi connectivity index (χ1) is 12.7. The Morgan fingerprint density at radius 2 is 1.54 bits per heavy atom. The van der Waals surface area contributed by atoms with Gasteiger partial charge in [0.2, 0.25) is 5.91 Å². The van der Waals surface area contributed by atoms with Crippen molar-refractivity contribution in [2.24, 2.45) is 0 Å². The SMILES string of the molecule is CCc1ccc(NC(=O)CNc2ccc(C(=O)N3CCCC3)cc2)cc1. The highest BCUT2D eigenvalue weighted by Crippen LogP contribution is 2.15. The summed E-state index contributed by atoms with van der Waals surface area (Å²) >= 11 is 0. The van der Waals surface area contributed by atoms with Crippen LogP contribution in [-0.4, -0.2) is 36.3 Å². The van der Waals surface area contributed by atoms with Crippen LogP contribution >= 0.6 is 0 Å². The molecule has 0 aliphatic carbocycles. The lowest BCUT2D eigenvalue weighted by Crippen LogP contribution is -2.27. The number of benzene rings is 2. The van der Waals surface area contributed by atoms with Gasteiger partial charge in [0.1, 0.15) is 0 Å².